The largest absolute Gasteiger partial charge is 0.507 e. The lowest BCUT2D eigenvalue weighted by molar-refractivity contribution is 0.373. The first kappa shape index (κ1) is 19.3. The molecule has 2 aromatic carbocycles. The molecule has 8 heteroatoms. The molecule has 7 nitrogen and oxygen atoms in total. The zero-order valence-electron chi connectivity index (χ0n) is 14.6. The van der Waals surface area contributed by atoms with E-state index in [0.717, 1.165) is 0 Å². The van der Waals surface area contributed by atoms with Crippen LogP contribution in [0, 0.1) is 0 Å². The first-order chi connectivity index (χ1) is 12.6. The molecule has 0 heterocycles. The zero-order chi connectivity index (χ0) is 18.9. The van der Waals surface area contributed by atoms with Gasteiger partial charge in [0.25, 0.3) is 0 Å². The van der Waals surface area contributed by atoms with Gasteiger partial charge in [-0.2, -0.15) is 5.10 Å². The lowest BCUT2D eigenvalue weighted by Gasteiger charge is -2.04. The van der Waals surface area contributed by atoms with E-state index < -0.39 is 0 Å². The molecular weight excluding hydrogens is 354 g/mol. The fourth-order valence-corrected chi connectivity index (χ4v) is 2.24. The van der Waals surface area contributed by atoms with Crippen LogP contribution in [-0.2, 0) is 0 Å². The maximum Gasteiger partial charge on any atom is 0.208 e. The van der Waals surface area contributed by atoms with Crippen molar-refractivity contribution in [2.45, 2.75) is 0 Å². The number of aliphatic imine (C=N–C) groups is 1. The molecule has 0 bridgehead atoms. The van der Waals surface area contributed by atoms with Gasteiger partial charge in [0.15, 0.2) is 11.5 Å². The average molecular weight is 373 g/mol. The normalized spacial score (nSPS) is 12.0. The minimum atomic E-state index is -0.00805. The van der Waals surface area contributed by atoms with E-state index in [-0.39, 0.29) is 11.5 Å². The van der Waals surface area contributed by atoms with Gasteiger partial charge in [-0.15, -0.1) is 5.10 Å². The van der Waals surface area contributed by atoms with E-state index in [0.29, 0.717) is 27.8 Å². The van der Waals surface area contributed by atoms with Crippen molar-refractivity contribution in [3.63, 3.8) is 0 Å². The fourth-order valence-electron chi connectivity index (χ4n) is 1.95. The number of thioether (sulfide) groups is 1. The summed E-state index contributed by atoms with van der Waals surface area (Å²) in [5.41, 5.74) is 1.01. The molecule has 0 saturated heterocycles. The number of nitrogens with zero attached hydrogens (tertiary/aromatic N) is 3. The first-order valence-corrected chi connectivity index (χ1v) is 8.73. The molecule has 136 valence electrons. The van der Waals surface area contributed by atoms with Gasteiger partial charge in [0.05, 0.1) is 20.4 Å². The van der Waals surface area contributed by atoms with Gasteiger partial charge in [0, 0.05) is 23.4 Å². The number of rotatable bonds is 5. The van der Waals surface area contributed by atoms with Gasteiger partial charge in [-0.1, -0.05) is 17.8 Å². The summed E-state index contributed by atoms with van der Waals surface area (Å²) in [5, 5.41) is 28.3. The highest BCUT2D eigenvalue weighted by atomic mass is 32.2. The van der Waals surface area contributed by atoms with Crippen LogP contribution in [-0.4, -0.2) is 48.3 Å². The molecule has 2 N–H and O–H groups in total. The lowest BCUT2D eigenvalue weighted by atomic mass is 10.2. The minimum absolute atomic E-state index is 0.00805. The Kier molecular flexibility index (Phi) is 7.04. The maximum absolute atomic E-state index is 10.00. The molecule has 0 aromatic heterocycles. The monoisotopic (exact) mass is 373 g/mol. The van der Waals surface area contributed by atoms with Crippen LogP contribution in [0.25, 0.3) is 0 Å². The van der Waals surface area contributed by atoms with Crippen molar-refractivity contribution in [2.24, 2.45) is 15.2 Å². The number of hydrogen-bond donors (Lipinski definition) is 2. The van der Waals surface area contributed by atoms with E-state index in [1.54, 1.807) is 30.3 Å². The zero-order valence-corrected chi connectivity index (χ0v) is 15.4. The van der Waals surface area contributed by atoms with Crippen LogP contribution in [0.3, 0.4) is 0 Å². The molecular formula is C18H19N3O4S. The van der Waals surface area contributed by atoms with Crippen molar-refractivity contribution in [3.05, 3.63) is 47.5 Å². The molecule has 0 spiro atoms. The summed E-state index contributed by atoms with van der Waals surface area (Å²) in [6.45, 7) is 0. The SMILES string of the molecule is COc1ccc(/C=N/C(=N/N=C/c2cccc(OC)c2O)SC)c(O)c1. The number of methoxy groups -OCH3 is 2. The Morgan fingerprint density at radius 3 is 2.50 bits per heavy atom. The van der Waals surface area contributed by atoms with Crippen LogP contribution in [0.4, 0.5) is 0 Å². The van der Waals surface area contributed by atoms with Gasteiger partial charge in [-0.05, 0) is 30.5 Å². The molecule has 2 aromatic rings. The van der Waals surface area contributed by atoms with Gasteiger partial charge in [-0.3, -0.25) is 0 Å². The van der Waals surface area contributed by atoms with E-state index in [1.807, 2.05) is 6.26 Å². The molecule has 0 aliphatic heterocycles. The Labute approximate surface area is 155 Å². The lowest BCUT2D eigenvalue weighted by Crippen LogP contribution is -1.91. The third-order valence-electron chi connectivity index (χ3n) is 3.32. The van der Waals surface area contributed by atoms with Gasteiger partial charge < -0.3 is 19.7 Å². The van der Waals surface area contributed by atoms with Crippen molar-refractivity contribution < 1.29 is 19.7 Å². The van der Waals surface area contributed by atoms with Crippen LogP contribution in [0.2, 0.25) is 0 Å². The van der Waals surface area contributed by atoms with Gasteiger partial charge >= 0.3 is 0 Å². The Morgan fingerprint density at radius 2 is 1.85 bits per heavy atom. The molecule has 0 unspecified atom stereocenters. The third-order valence-corrected chi connectivity index (χ3v) is 3.88. The maximum atomic E-state index is 10.00. The van der Waals surface area contributed by atoms with E-state index in [4.69, 9.17) is 9.47 Å². The minimum Gasteiger partial charge on any atom is -0.507 e. The Balaban J connectivity index is 2.15. The molecule has 0 aliphatic carbocycles. The molecule has 26 heavy (non-hydrogen) atoms. The standard InChI is InChI=1S/C18H19N3O4S/c1-24-14-8-7-12(15(22)9-14)10-19-18(26-3)21-20-11-13-5-4-6-16(25-2)17(13)23/h4-11,22-23H,1-3H3/b19-10+,20-11+,21-18-. The van der Waals surface area contributed by atoms with E-state index >= 15 is 0 Å². The van der Waals surface area contributed by atoms with Gasteiger partial charge in [0.1, 0.15) is 11.5 Å². The number of para-hydroxylation sites is 1. The molecule has 2 rings (SSSR count). The highest BCUT2D eigenvalue weighted by Gasteiger charge is 2.05. The van der Waals surface area contributed by atoms with Crippen LogP contribution in [0.5, 0.6) is 23.0 Å². The van der Waals surface area contributed by atoms with E-state index in [1.165, 1.54) is 44.5 Å². The van der Waals surface area contributed by atoms with Crippen molar-refractivity contribution in [3.8, 4) is 23.0 Å². The highest BCUT2D eigenvalue weighted by molar-refractivity contribution is 8.13. The summed E-state index contributed by atoms with van der Waals surface area (Å²) in [6.07, 6.45) is 4.71. The van der Waals surface area contributed by atoms with Crippen LogP contribution in [0.15, 0.2) is 51.6 Å². The van der Waals surface area contributed by atoms with Crippen molar-refractivity contribution in [1.29, 1.82) is 0 Å². The summed E-state index contributed by atoms with van der Waals surface area (Å²) >= 11 is 1.29. The van der Waals surface area contributed by atoms with Crippen LogP contribution < -0.4 is 9.47 Å². The molecule has 0 amide bonds. The third kappa shape index (κ3) is 5.00. The molecule has 0 saturated carbocycles. The summed E-state index contributed by atoms with van der Waals surface area (Å²) in [4.78, 5) is 4.20. The molecule has 0 aliphatic rings. The number of ether oxygens (including phenoxy) is 2. The summed E-state index contributed by atoms with van der Waals surface area (Å²) in [6, 6.07) is 9.99. The number of amidine groups is 1. The van der Waals surface area contributed by atoms with Gasteiger partial charge in [-0.25, -0.2) is 4.99 Å². The van der Waals surface area contributed by atoms with Gasteiger partial charge in [0.2, 0.25) is 5.17 Å². The van der Waals surface area contributed by atoms with E-state index in [2.05, 4.69) is 15.2 Å². The Bertz CT molecular complexity index is 850. The van der Waals surface area contributed by atoms with Crippen LogP contribution in [0.1, 0.15) is 11.1 Å². The van der Waals surface area contributed by atoms with Crippen molar-refractivity contribution in [2.75, 3.05) is 20.5 Å². The molecule has 0 atom stereocenters. The second-order valence-electron chi connectivity index (χ2n) is 4.91. The van der Waals surface area contributed by atoms with Crippen molar-refractivity contribution in [1.82, 2.24) is 0 Å². The number of phenolic OH excluding ortho intramolecular Hbond substituents is 2. The van der Waals surface area contributed by atoms with Crippen LogP contribution >= 0.6 is 11.8 Å². The van der Waals surface area contributed by atoms with Crippen molar-refractivity contribution >= 4 is 29.4 Å². The summed E-state index contributed by atoms with van der Waals surface area (Å²) in [5.74, 6) is 0.960. The Hall–Kier alpha value is -3.00. The smallest absolute Gasteiger partial charge is 0.208 e. The second-order valence-corrected chi connectivity index (χ2v) is 5.69. The predicted molar refractivity (Wildman–Crippen MR) is 105 cm³/mol. The first-order valence-electron chi connectivity index (χ1n) is 7.51. The number of phenols is 2. The average Bonchev–Trinajstić information content (AvgIpc) is 2.66. The topological polar surface area (TPSA) is 96.0 Å². The molecule has 0 radical (unpaired) electrons. The number of aromatic hydroxyl groups is 2. The Morgan fingerprint density at radius 1 is 1.04 bits per heavy atom. The highest BCUT2D eigenvalue weighted by Crippen LogP contribution is 2.28. The summed E-state index contributed by atoms with van der Waals surface area (Å²) < 4.78 is 10.1. The molecule has 0 fully saturated rings. The summed E-state index contributed by atoms with van der Waals surface area (Å²) in [7, 11) is 3.00. The van der Waals surface area contributed by atoms with E-state index in [9.17, 15) is 10.2 Å². The number of benzene rings is 2. The second kappa shape index (κ2) is 9.47. The number of hydrogen-bond acceptors (Lipinski definition) is 7. The quantitative estimate of drug-likeness (QED) is 0.476. The predicted octanol–water partition coefficient (Wildman–Crippen LogP) is 3.29. The fraction of sp³-hybridized carbons (Fsp3) is 0.167.